The molecule has 0 bridgehead atoms. The van der Waals surface area contributed by atoms with E-state index in [0.29, 0.717) is 5.69 Å². The van der Waals surface area contributed by atoms with Crippen molar-refractivity contribution in [1.29, 1.82) is 0 Å². The van der Waals surface area contributed by atoms with Crippen molar-refractivity contribution in [3.05, 3.63) is 62.2 Å². The van der Waals surface area contributed by atoms with E-state index in [0.717, 1.165) is 5.56 Å². The fraction of sp³-hybridized carbons (Fsp3) is 0.231. The Morgan fingerprint density at radius 1 is 1.17 bits per heavy atom. The molecule has 0 aliphatic heterocycles. The highest BCUT2D eigenvalue weighted by molar-refractivity contribution is 6.32. The van der Waals surface area contributed by atoms with Crippen molar-refractivity contribution >= 4 is 23.2 Å². The number of aromatic nitrogens is 2. The molecule has 18 heavy (non-hydrogen) atoms. The van der Waals surface area contributed by atoms with E-state index in [1.54, 1.807) is 11.5 Å². The first-order valence-electron chi connectivity index (χ1n) is 5.51. The molecule has 0 unspecified atom stereocenters. The molecule has 5 heteroatoms. The largest absolute Gasteiger partial charge is 0.300 e. The zero-order chi connectivity index (χ0) is 13.3. The lowest BCUT2D eigenvalue weighted by Crippen LogP contribution is -2.27. The predicted molar refractivity (Wildman–Crippen MR) is 73.5 cm³/mol. The van der Waals surface area contributed by atoms with Gasteiger partial charge in [-0.05, 0) is 19.4 Å². The van der Waals surface area contributed by atoms with Crippen molar-refractivity contribution < 1.29 is 0 Å². The second-order valence-corrected chi connectivity index (χ2v) is 4.76. The van der Waals surface area contributed by atoms with E-state index in [-0.39, 0.29) is 21.9 Å². The molecule has 0 saturated heterocycles. The van der Waals surface area contributed by atoms with Crippen LogP contribution in [0, 0.1) is 6.92 Å². The van der Waals surface area contributed by atoms with Crippen LogP contribution in [0.2, 0.25) is 10.3 Å². The van der Waals surface area contributed by atoms with Crippen molar-refractivity contribution in [3.63, 3.8) is 0 Å². The molecule has 0 amide bonds. The average molecular weight is 283 g/mol. The molecule has 1 aromatic carbocycles. The van der Waals surface area contributed by atoms with Gasteiger partial charge < -0.3 is 0 Å². The molecule has 2 aromatic rings. The number of hydrogen-bond donors (Lipinski definition) is 0. The maximum Gasteiger partial charge on any atom is 0.289 e. The summed E-state index contributed by atoms with van der Waals surface area (Å²) in [6.45, 7) is 3.68. The van der Waals surface area contributed by atoms with E-state index in [4.69, 9.17) is 23.2 Å². The van der Waals surface area contributed by atoms with E-state index in [9.17, 15) is 4.79 Å². The third-order valence-electron chi connectivity index (χ3n) is 2.92. The second kappa shape index (κ2) is 5.12. The van der Waals surface area contributed by atoms with Gasteiger partial charge in [0.2, 0.25) is 0 Å². The molecule has 94 valence electrons. The minimum absolute atomic E-state index is 0.103. The van der Waals surface area contributed by atoms with Gasteiger partial charge in [0.1, 0.15) is 5.15 Å². The van der Waals surface area contributed by atoms with Gasteiger partial charge in [-0.15, -0.1) is 0 Å². The smallest absolute Gasteiger partial charge is 0.289 e. The van der Waals surface area contributed by atoms with Crippen molar-refractivity contribution in [3.8, 4) is 0 Å². The predicted octanol–water partition coefficient (Wildman–Crippen LogP) is 3.47. The summed E-state index contributed by atoms with van der Waals surface area (Å²) >= 11 is 11.8. The van der Waals surface area contributed by atoms with Gasteiger partial charge in [-0.25, -0.2) is 4.98 Å². The number of nitrogens with zero attached hydrogens (tertiary/aromatic N) is 2. The lowest BCUT2D eigenvalue weighted by Gasteiger charge is -2.19. The topological polar surface area (TPSA) is 34.9 Å². The summed E-state index contributed by atoms with van der Waals surface area (Å²) in [5.41, 5.74) is 1.30. The molecule has 0 saturated carbocycles. The van der Waals surface area contributed by atoms with Crippen LogP contribution >= 0.6 is 23.2 Å². The van der Waals surface area contributed by atoms with Gasteiger partial charge in [0.15, 0.2) is 5.15 Å². The number of hydrogen-bond acceptors (Lipinski definition) is 2. The monoisotopic (exact) mass is 282 g/mol. The van der Waals surface area contributed by atoms with Crippen LogP contribution in [0.5, 0.6) is 0 Å². The quantitative estimate of drug-likeness (QED) is 0.845. The third kappa shape index (κ3) is 2.28. The molecule has 0 aliphatic rings. The van der Waals surface area contributed by atoms with Gasteiger partial charge in [-0.1, -0.05) is 53.5 Å². The average Bonchev–Trinajstić information content (AvgIpc) is 2.37. The highest BCUT2D eigenvalue weighted by Crippen LogP contribution is 2.21. The highest BCUT2D eigenvalue weighted by Gasteiger charge is 2.16. The molecule has 3 nitrogen and oxygen atoms in total. The summed E-state index contributed by atoms with van der Waals surface area (Å²) in [6, 6.07) is 9.56. The molecule has 0 fully saturated rings. The van der Waals surface area contributed by atoms with E-state index >= 15 is 0 Å². The first-order chi connectivity index (χ1) is 8.52. The van der Waals surface area contributed by atoms with E-state index in [2.05, 4.69) is 4.98 Å². The Bertz CT molecular complexity index is 623. The molecule has 0 radical (unpaired) electrons. The zero-order valence-corrected chi connectivity index (χ0v) is 11.5. The Labute approximate surface area is 115 Å². The number of benzene rings is 1. The van der Waals surface area contributed by atoms with Gasteiger partial charge >= 0.3 is 0 Å². The van der Waals surface area contributed by atoms with Crippen LogP contribution in [0.4, 0.5) is 0 Å². The molecular formula is C13H12Cl2N2O. The highest BCUT2D eigenvalue weighted by atomic mass is 35.5. The second-order valence-electron chi connectivity index (χ2n) is 4.04. The molecule has 1 heterocycles. The normalized spacial score (nSPS) is 12.4. The first-order valence-corrected chi connectivity index (χ1v) is 6.27. The molecule has 1 atom stereocenters. The van der Waals surface area contributed by atoms with Crippen molar-refractivity contribution in [2.45, 2.75) is 19.9 Å². The summed E-state index contributed by atoms with van der Waals surface area (Å²) in [7, 11) is 0. The molecule has 2 rings (SSSR count). The van der Waals surface area contributed by atoms with E-state index in [1.165, 1.54) is 0 Å². The van der Waals surface area contributed by atoms with Crippen LogP contribution < -0.4 is 5.56 Å². The van der Waals surface area contributed by atoms with Crippen LogP contribution in [0.3, 0.4) is 0 Å². The van der Waals surface area contributed by atoms with Crippen LogP contribution in [0.25, 0.3) is 0 Å². The van der Waals surface area contributed by atoms with Crippen LogP contribution in [0.15, 0.2) is 35.1 Å². The Kier molecular flexibility index (Phi) is 3.73. The zero-order valence-electron chi connectivity index (χ0n) is 10.0. The van der Waals surface area contributed by atoms with Gasteiger partial charge in [-0.3, -0.25) is 9.36 Å². The first kappa shape index (κ1) is 13.1. The maximum atomic E-state index is 12.1. The summed E-state index contributed by atoms with van der Waals surface area (Å²) in [4.78, 5) is 15.9. The summed E-state index contributed by atoms with van der Waals surface area (Å²) in [5.74, 6) is 0. The lowest BCUT2D eigenvalue weighted by atomic mass is 10.1. The summed E-state index contributed by atoms with van der Waals surface area (Å²) in [6.07, 6.45) is 0. The molecule has 0 spiro atoms. The van der Waals surface area contributed by atoms with Crippen molar-refractivity contribution in [2.24, 2.45) is 0 Å². The Balaban J connectivity index is 2.62. The minimum atomic E-state index is -0.324. The molecule has 0 aliphatic carbocycles. The van der Waals surface area contributed by atoms with E-state index in [1.807, 2.05) is 37.3 Å². The van der Waals surface area contributed by atoms with Crippen molar-refractivity contribution in [2.75, 3.05) is 0 Å². The third-order valence-corrected chi connectivity index (χ3v) is 3.52. The van der Waals surface area contributed by atoms with Crippen LogP contribution in [0.1, 0.15) is 24.2 Å². The van der Waals surface area contributed by atoms with E-state index < -0.39 is 0 Å². The Hall–Kier alpha value is -1.32. The van der Waals surface area contributed by atoms with Gasteiger partial charge in [0.25, 0.3) is 5.56 Å². The van der Waals surface area contributed by atoms with Crippen molar-refractivity contribution in [1.82, 2.24) is 9.55 Å². The SMILES string of the molecule is Cc1c(Cl)nc(Cl)c(=O)n1[C@H](C)c1ccccc1. The minimum Gasteiger partial charge on any atom is -0.300 e. The fourth-order valence-corrected chi connectivity index (χ4v) is 2.31. The standard InChI is InChI=1S/C13H12Cl2N2O/c1-8(10-6-4-3-5-7-10)17-9(2)11(14)16-12(15)13(17)18/h3-8H,1-2H3/t8-/m1/s1. The van der Waals surface area contributed by atoms with Gasteiger partial charge in [-0.2, -0.15) is 0 Å². The lowest BCUT2D eigenvalue weighted by molar-refractivity contribution is 0.591. The summed E-state index contributed by atoms with van der Waals surface area (Å²) < 4.78 is 1.56. The summed E-state index contributed by atoms with van der Waals surface area (Å²) in [5, 5.41) is 0.149. The number of halogens is 2. The van der Waals surface area contributed by atoms with Gasteiger partial charge in [0.05, 0.1) is 11.7 Å². The molecule has 1 aromatic heterocycles. The Morgan fingerprint density at radius 3 is 2.39 bits per heavy atom. The van der Waals surface area contributed by atoms with Crippen LogP contribution in [-0.4, -0.2) is 9.55 Å². The molecular weight excluding hydrogens is 271 g/mol. The molecule has 0 N–H and O–H groups in total. The fourth-order valence-electron chi connectivity index (χ4n) is 1.91. The van der Waals surface area contributed by atoms with Crippen LogP contribution in [-0.2, 0) is 0 Å². The number of rotatable bonds is 2. The maximum absolute atomic E-state index is 12.1. The Morgan fingerprint density at radius 2 is 1.78 bits per heavy atom. The van der Waals surface area contributed by atoms with Gasteiger partial charge in [0, 0.05) is 0 Å².